The third kappa shape index (κ3) is 3.37. The smallest absolute Gasteiger partial charge is 0.176 e. The van der Waals surface area contributed by atoms with Crippen LogP contribution in [0.1, 0.15) is 18.4 Å². The second-order valence-electron chi connectivity index (χ2n) is 4.58. The molecule has 19 heavy (non-hydrogen) atoms. The molecule has 0 heterocycles. The lowest BCUT2D eigenvalue weighted by Crippen LogP contribution is -2.31. The van der Waals surface area contributed by atoms with E-state index in [0.29, 0.717) is 18.4 Å². The summed E-state index contributed by atoms with van der Waals surface area (Å²) in [6.07, 6.45) is 3.06. The molecule has 0 radical (unpaired) electrons. The Labute approximate surface area is 118 Å². The van der Waals surface area contributed by atoms with Gasteiger partial charge < -0.3 is 9.47 Å². The normalized spacial score (nSPS) is 25.6. The van der Waals surface area contributed by atoms with Gasteiger partial charge in [-0.15, -0.1) is 11.6 Å². The zero-order valence-electron chi connectivity index (χ0n) is 11.1. The fourth-order valence-electron chi connectivity index (χ4n) is 2.21. The lowest BCUT2D eigenvalue weighted by atomic mass is 9.89. The number of methoxy groups -OCH3 is 2. The predicted octanol–water partition coefficient (Wildman–Crippen LogP) is 3.06. The summed E-state index contributed by atoms with van der Waals surface area (Å²) < 4.78 is 10.5. The quantitative estimate of drug-likeness (QED) is 0.630. The Bertz CT molecular complexity index is 496. The topological polar surface area (TPSA) is 35.5 Å². The van der Waals surface area contributed by atoms with Crippen LogP contribution in [0, 0.1) is 0 Å². The molecule has 102 valence electrons. The van der Waals surface area contributed by atoms with Crippen molar-refractivity contribution in [2.45, 2.75) is 24.3 Å². The van der Waals surface area contributed by atoms with Gasteiger partial charge in [-0.25, -0.2) is 0 Å². The Morgan fingerprint density at radius 1 is 1.37 bits per heavy atom. The maximum Gasteiger partial charge on any atom is 0.176 e. The highest BCUT2D eigenvalue weighted by molar-refractivity contribution is 6.34. The summed E-state index contributed by atoms with van der Waals surface area (Å²) in [5.74, 6) is 0.765. The number of carbonyl (C=O) groups is 1. The maximum absolute atomic E-state index is 12.1. The van der Waals surface area contributed by atoms with Crippen molar-refractivity contribution in [1.82, 2.24) is 0 Å². The van der Waals surface area contributed by atoms with E-state index in [1.807, 2.05) is 30.3 Å². The van der Waals surface area contributed by atoms with Crippen molar-refractivity contribution in [3.8, 4) is 5.75 Å². The van der Waals surface area contributed by atoms with Gasteiger partial charge in [-0.1, -0.05) is 12.1 Å². The monoisotopic (exact) mass is 280 g/mol. The molecule has 2 atom stereocenters. The number of ether oxygens (including phenoxy) is 2. The van der Waals surface area contributed by atoms with E-state index in [1.54, 1.807) is 14.2 Å². The van der Waals surface area contributed by atoms with E-state index in [0.717, 1.165) is 11.3 Å². The minimum atomic E-state index is -0.490. The first-order chi connectivity index (χ1) is 9.13. The molecule has 1 aliphatic carbocycles. The van der Waals surface area contributed by atoms with Gasteiger partial charge in [0.25, 0.3) is 0 Å². The molecule has 2 rings (SSSR count). The average molecular weight is 281 g/mol. The van der Waals surface area contributed by atoms with Gasteiger partial charge in [0.15, 0.2) is 5.78 Å². The van der Waals surface area contributed by atoms with E-state index >= 15 is 0 Å². The number of hydrogen-bond acceptors (Lipinski definition) is 3. The van der Waals surface area contributed by atoms with Gasteiger partial charge in [0, 0.05) is 13.5 Å². The Hall–Kier alpha value is -1.32. The minimum Gasteiger partial charge on any atom is -0.497 e. The Morgan fingerprint density at radius 3 is 2.84 bits per heavy atom. The first-order valence-corrected chi connectivity index (χ1v) is 6.63. The molecule has 1 fully saturated rings. The molecule has 0 spiro atoms. The molecule has 1 aromatic carbocycles. The van der Waals surface area contributed by atoms with Crippen molar-refractivity contribution in [1.29, 1.82) is 0 Å². The van der Waals surface area contributed by atoms with Crippen molar-refractivity contribution in [2.24, 2.45) is 0 Å². The van der Waals surface area contributed by atoms with Gasteiger partial charge in [0.2, 0.25) is 0 Å². The number of halogens is 1. The summed E-state index contributed by atoms with van der Waals surface area (Å²) in [6.45, 7) is 0. The Kier molecular flexibility index (Phi) is 4.61. The van der Waals surface area contributed by atoms with Crippen molar-refractivity contribution >= 4 is 23.5 Å². The van der Waals surface area contributed by atoms with E-state index in [4.69, 9.17) is 21.1 Å². The van der Waals surface area contributed by atoms with Crippen LogP contribution >= 0.6 is 11.6 Å². The number of carbonyl (C=O) groups excluding carboxylic acids is 1. The Balaban J connectivity index is 2.26. The first-order valence-electron chi connectivity index (χ1n) is 6.19. The summed E-state index contributed by atoms with van der Waals surface area (Å²) in [6, 6.07) is 7.58. The zero-order chi connectivity index (χ0) is 13.8. The molecule has 0 bridgehead atoms. The summed E-state index contributed by atoms with van der Waals surface area (Å²) in [4.78, 5) is 12.1. The average Bonchev–Trinajstić information content (AvgIpc) is 2.43. The largest absolute Gasteiger partial charge is 0.497 e. The number of benzene rings is 1. The van der Waals surface area contributed by atoms with Gasteiger partial charge in [-0.05, 0) is 35.8 Å². The molecule has 0 aromatic heterocycles. The van der Waals surface area contributed by atoms with Crippen LogP contribution in [0.4, 0.5) is 0 Å². The van der Waals surface area contributed by atoms with Crippen LogP contribution in [0.3, 0.4) is 0 Å². The second kappa shape index (κ2) is 6.22. The maximum atomic E-state index is 12.1. The van der Waals surface area contributed by atoms with Gasteiger partial charge >= 0.3 is 0 Å². The number of Topliss-reactive ketones (excluding diaryl/α,β-unsaturated/α-hetero) is 1. The Morgan fingerprint density at radius 2 is 2.16 bits per heavy atom. The summed E-state index contributed by atoms with van der Waals surface area (Å²) in [5.41, 5.74) is 1.65. The molecular weight excluding hydrogens is 264 g/mol. The third-order valence-electron chi connectivity index (χ3n) is 3.29. The molecule has 0 saturated heterocycles. The molecule has 3 nitrogen and oxygen atoms in total. The van der Waals surface area contributed by atoms with Crippen molar-refractivity contribution < 1.29 is 14.3 Å². The zero-order valence-corrected chi connectivity index (χ0v) is 11.8. The molecular formula is C15H17ClO3. The van der Waals surface area contributed by atoms with Crippen LogP contribution in [-0.4, -0.2) is 31.5 Å². The lowest BCUT2D eigenvalue weighted by Gasteiger charge is -2.25. The minimum absolute atomic E-state index is 0.00205. The molecule has 0 amide bonds. The van der Waals surface area contributed by atoms with Crippen molar-refractivity contribution in [2.75, 3.05) is 14.2 Å². The van der Waals surface area contributed by atoms with E-state index in [1.165, 1.54) is 0 Å². The molecule has 0 aliphatic heterocycles. The standard InChI is InChI=1S/C15H17ClO3/c1-18-12-5-3-4-10(7-12)6-11-8-13(19-2)9-14(16)15(11)17/h3-7,13-14H,8-9H2,1-2H3. The first kappa shape index (κ1) is 14.1. The fraction of sp³-hybridized carbons (Fsp3) is 0.400. The molecule has 0 N–H and O–H groups in total. The van der Waals surface area contributed by atoms with Gasteiger partial charge in [0.05, 0.1) is 18.6 Å². The van der Waals surface area contributed by atoms with Crippen LogP contribution in [0.2, 0.25) is 0 Å². The predicted molar refractivity (Wildman–Crippen MR) is 75.7 cm³/mol. The highest BCUT2D eigenvalue weighted by Gasteiger charge is 2.30. The molecule has 1 aliphatic rings. The molecule has 1 aromatic rings. The van der Waals surface area contributed by atoms with E-state index < -0.39 is 5.38 Å². The summed E-state index contributed by atoms with van der Waals surface area (Å²) in [5, 5.41) is -0.490. The summed E-state index contributed by atoms with van der Waals surface area (Å²) >= 11 is 6.07. The summed E-state index contributed by atoms with van der Waals surface area (Å²) in [7, 11) is 3.26. The highest BCUT2D eigenvalue weighted by atomic mass is 35.5. The molecule has 4 heteroatoms. The molecule has 2 unspecified atom stereocenters. The number of ketones is 1. The van der Waals surface area contributed by atoms with Crippen LogP contribution in [0.5, 0.6) is 5.75 Å². The van der Waals surface area contributed by atoms with Gasteiger partial charge in [0.1, 0.15) is 5.75 Å². The molecule has 1 saturated carbocycles. The van der Waals surface area contributed by atoms with Crippen LogP contribution in [-0.2, 0) is 9.53 Å². The van der Waals surface area contributed by atoms with E-state index in [-0.39, 0.29) is 11.9 Å². The van der Waals surface area contributed by atoms with Crippen LogP contribution in [0.15, 0.2) is 29.8 Å². The van der Waals surface area contributed by atoms with Crippen molar-refractivity contribution in [3.05, 3.63) is 35.4 Å². The van der Waals surface area contributed by atoms with Crippen LogP contribution in [0.25, 0.3) is 6.08 Å². The second-order valence-corrected chi connectivity index (χ2v) is 5.10. The van der Waals surface area contributed by atoms with E-state index in [9.17, 15) is 4.79 Å². The number of rotatable bonds is 3. The SMILES string of the molecule is COc1cccc(C=C2CC(OC)CC(Cl)C2=O)c1. The van der Waals surface area contributed by atoms with Crippen LogP contribution < -0.4 is 4.74 Å². The number of hydrogen-bond donors (Lipinski definition) is 0. The van der Waals surface area contributed by atoms with Gasteiger partial charge in [-0.2, -0.15) is 0 Å². The third-order valence-corrected chi connectivity index (χ3v) is 3.66. The van der Waals surface area contributed by atoms with Crippen molar-refractivity contribution in [3.63, 3.8) is 0 Å². The van der Waals surface area contributed by atoms with E-state index in [2.05, 4.69) is 0 Å². The highest BCUT2D eigenvalue weighted by Crippen LogP contribution is 2.28. The lowest BCUT2D eigenvalue weighted by molar-refractivity contribution is -0.117. The fourth-order valence-corrected chi connectivity index (χ4v) is 2.55. The number of alkyl halides is 1. The van der Waals surface area contributed by atoms with Gasteiger partial charge in [-0.3, -0.25) is 4.79 Å².